The van der Waals surface area contributed by atoms with Crippen LogP contribution in [0, 0.1) is 21.4 Å². The molecular weight excluding hydrogens is 310 g/mol. The van der Waals surface area contributed by atoms with E-state index in [0.717, 1.165) is 0 Å². The lowest BCUT2D eigenvalue weighted by molar-refractivity contribution is -0.384. The molecule has 0 saturated heterocycles. The molecule has 0 aromatic heterocycles. The molecule has 0 aliphatic rings. The van der Waals surface area contributed by atoms with Crippen LogP contribution in [0.3, 0.4) is 0 Å². The lowest BCUT2D eigenvalue weighted by Crippen LogP contribution is -2.13. The van der Waals surface area contributed by atoms with Crippen LogP contribution in [0.4, 0.5) is 11.4 Å². The zero-order valence-corrected chi connectivity index (χ0v) is 12.7. The first-order valence-electron chi connectivity index (χ1n) is 6.85. The third-order valence-electron chi connectivity index (χ3n) is 3.12. The number of nitrogens with one attached hydrogen (secondary N) is 1. The lowest BCUT2D eigenvalue weighted by Gasteiger charge is -2.06. The molecule has 0 aliphatic heterocycles. The number of carbonyl (C=O) groups excluding carboxylic acids is 1. The van der Waals surface area contributed by atoms with Gasteiger partial charge in [0.2, 0.25) is 0 Å². The number of para-hydroxylation sites is 1. The Balaban J connectivity index is 2.27. The Morgan fingerprint density at radius 2 is 2.04 bits per heavy atom. The average Bonchev–Trinajstić information content (AvgIpc) is 2.60. The van der Waals surface area contributed by atoms with Gasteiger partial charge < -0.3 is 10.1 Å². The Morgan fingerprint density at radius 1 is 1.29 bits per heavy atom. The van der Waals surface area contributed by atoms with Crippen molar-refractivity contribution >= 4 is 23.4 Å². The van der Waals surface area contributed by atoms with E-state index in [1.54, 1.807) is 24.3 Å². The molecule has 7 nitrogen and oxygen atoms in total. The number of hydrogen-bond donors (Lipinski definition) is 1. The van der Waals surface area contributed by atoms with Crippen molar-refractivity contribution in [2.45, 2.75) is 0 Å². The number of hydrogen-bond acceptors (Lipinski definition) is 5. The van der Waals surface area contributed by atoms with Gasteiger partial charge in [0, 0.05) is 23.4 Å². The Hall–Kier alpha value is -3.66. The Kier molecular flexibility index (Phi) is 5.26. The fourth-order valence-electron chi connectivity index (χ4n) is 1.99. The molecule has 24 heavy (non-hydrogen) atoms. The zero-order valence-electron chi connectivity index (χ0n) is 12.7. The van der Waals surface area contributed by atoms with Gasteiger partial charge in [-0.15, -0.1) is 0 Å². The fraction of sp³-hybridized carbons (Fsp3) is 0.0588. The molecule has 0 unspecified atom stereocenters. The van der Waals surface area contributed by atoms with E-state index in [4.69, 9.17) is 4.74 Å². The summed E-state index contributed by atoms with van der Waals surface area (Å²) < 4.78 is 5.17. The van der Waals surface area contributed by atoms with E-state index in [9.17, 15) is 20.2 Å². The third kappa shape index (κ3) is 3.96. The van der Waals surface area contributed by atoms with Crippen molar-refractivity contribution < 1.29 is 14.5 Å². The first-order chi connectivity index (χ1) is 11.5. The van der Waals surface area contributed by atoms with Gasteiger partial charge in [-0.3, -0.25) is 14.9 Å². The van der Waals surface area contributed by atoms with Gasteiger partial charge in [0.05, 0.1) is 12.0 Å². The lowest BCUT2D eigenvalue weighted by atomic mass is 10.1. The van der Waals surface area contributed by atoms with Crippen molar-refractivity contribution in [2.75, 3.05) is 12.4 Å². The molecule has 0 spiro atoms. The molecule has 0 bridgehead atoms. The summed E-state index contributed by atoms with van der Waals surface area (Å²) in [5.41, 5.74) is 0.507. The molecule has 0 fully saturated rings. The number of nitro benzene ring substituents is 1. The second-order valence-corrected chi connectivity index (χ2v) is 4.67. The number of benzene rings is 2. The van der Waals surface area contributed by atoms with Gasteiger partial charge in [-0.1, -0.05) is 24.3 Å². The summed E-state index contributed by atoms with van der Waals surface area (Å²) in [7, 11) is 1.49. The van der Waals surface area contributed by atoms with Crippen molar-refractivity contribution in [3.8, 4) is 11.8 Å². The minimum absolute atomic E-state index is 0.147. The molecule has 7 heteroatoms. The van der Waals surface area contributed by atoms with E-state index in [1.807, 2.05) is 6.07 Å². The Morgan fingerprint density at radius 3 is 2.71 bits per heavy atom. The second-order valence-electron chi connectivity index (χ2n) is 4.67. The number of anilines is 1. The van der Waals surface area contributed by atoms with Crippen molar-refractivity contribution in [2.24, 2.45) is 0 Å². The van der Waals surface area contributed by atoms with Crippen LogP contribution in [0.5, 0.6) is 5.75 Å². The molecule has 0 atom stereocenters. The number of non-ortho nitro benzene ring substituents is 1. The number of ether oxygens (including phenoxy) is 1. The molecule has 1 N–H and O–H groups in total. The van der Waals surface area contributed by atoms with Gasteiger partial charge in [0.25, 0.3) is 11.6 Å². The minimum atomic E-state index is -0.663. The second kappa shape index (κ2) is 7.56. The predicted molar refractivity (Wildman–Crippen MR) is 88.3 cm³/mol. The first-order valence-corrected chi connectivity index (χ1v) is 6.85. The topological polar surface area (TPSA) is 105 Å². The van der Waals surface area contributed by atoms with Crippen molar-refractivity contribution in [1.29, 1.82) is 5.26 Å². The van der Waals surface area contributed by atoms with Crippen LogP contribution in [-0.4, -0.2) is 17.9 Å². The van der Waals surface area contributed by atoms with Gasteiger partial charge in [0.1, 0.15) is 17.4 Å². The van der Waals surface area contributed by atoms with Crippen LogP contribution in [0.2, 0.25) is 0 Å². The van der Waals surface area contributed by atoms with Crippen molar-refractivity contribution in [3.63, 3.8) is 0 Å². The van der Waals surface area contributed by atoms with Crippen molar-refractivity contribution in [1.82, 2.24) is 0 Å². The minimum Gasteiger partial charge on any atom is -0.496 e. The Labute approximate surface area is 137 Å². The summed E-state index contributed by atoms with van der Waals surface area (Å²) >= 11 is 0. The standard InChI is InChI=1S/C17H13N3O4/c1-24-16-8-3-2-5-12(16)9-13(11-18)17(21)19-14-6-4-7-15(10-14)20(22)23/h2-10H,1H3,(H,19,21)/b13-9+. The fourth-order valence-corrected chi connectivity index (χ4v) is 1.99. The first kappa shape index (κ1) is 16.7. The molecule has 0 heterocycles. The summed E-state index contributed by atoms with van der Waals surface area (Å²) in [4.78, 5) is 22.4. The number of nitro groups is 1. The molecular formula is C17H13N3O4. The highest BCUT2D eigenvalue weighted by Gasteiger charge is 2.13. The maximum Gasteiger partial charge on any atom is 0.271 e. The molecule has 1 amide bonds. The number of amides is 1. The molecule has 2 rings (SSSR count). The van der Waals surface area contributed by atoms with Crippen LogP contribution < -0.4 is 10.1 Å². The number of methoxy groups -OCH3 is 1. The molecule has 120 valence electrons. The maximum absolute atomic E-state index is 12.2. The number of carbonyl (C=O) groups is 1. The van der Waals surface area contributed by atoms with Crippen LogP contribution in [0.25, 0.3) is 6.08 Å². The van der Waals surface area contributed by atoms with Crippen LogP contribution in [0.15, 0.2) is 54.1 Å². The molecule has 2 aromatic rings. The van der Waals surface area contributed by atoms with E-state index in [1.165, 1.54) is 37.5 Å². The largest absolute Gasteiger partial charge is 0.496 e. The van der Waals surface area contributed by atoms with E-state index in [-0.39, 0.29) is 16.9 Å². The number of nitrogens with zero attached hydrogens (tertiary/aromatic N) is 2. The molecule has 0 saturated carbocycles. The quantitative estimate of drug-likeness (QED) is 0.394. The summed E-state index contributed by atoms with van der Waals surface area (Å²) in [6.07, 6.45) is 1.39. The van der Waals surface area contributed by atoms with Crippen LogP contribution >= 0.6 is 0 Å². The van der Waals surface area contributed by atoms with Gasteiger partial charge >= 0.3 is 0 Å². The molecule has 2 aromatic carbocycles. The van der Waals surface area contributed by atoms with Gasteiger partial charge in [0.15, 0.2) is 0 Å². The summed E-state index contributed by atoms with van der Waals surface area (Å²) in [5, 5.41) is 22.4. The number of nitriles is 1. The van der Waals surface area contributed by atoms with Crippen molar-refractivity contribution in [3.05, 3.63) is 69.8 Å². The highest BCUT2D eigenvalue weighted by atomic mass is 16.6. The highest BCUT2D eigenvalue weighted by molar-refractivity contribution is 6.09. The summed E-state index contributed by atoms with van der Waals surface area (Å²) in [5.74, 6) is -0.141. The number of rotatable bonds is 5. The smallest absolute Gasteiger partial charge is 0.271 e. The zero-order chi connectivity index (χ0) is 17.5. The molecule has 0 radical (unpaired) electrons. The van der Waals surface area contributed by atoms with Crippen LogP contribution in [-0.2, 0) is 4.79 Å². The van der Waals surface area contributed by atoms with Gasteiger partial charge in [-0.2, -0.15) is 5.26 Å². The third-order valence-corrected chi connectivity index (χ3v) is 3.12. The molecule has 0 aliphatic carbocycles. The van der Waals surface area contributed by atoms with Gasteiger partial charge in [-0.25, -0.2) is 0 Å². The predicted octanol–water partition coefficient (Wildman–Crippen LogP) is 3.15. The maximum atomic E-state index is 12.2. The van der Waals surface area contributed by atoms with Crippen LogP contribution in [0.1, 0.15) is 5.56 Å². The summed E-state index contributed by atoms with van der Waals surface area (Å²) in [6.45, 7) is 0. The SMILES string of the molecule is COc1ccccc1/C=C(\C#N)C(=O)Nc1cccc([N+](=O)[O-])c1. The normalized spacial score (nSPS) is 10.6. The van der Waals surface area contributed by atoms with Gasteiger partial charge in [-0.05, 0) is 18.2 Å². The van der Waals surface area contributed by atoms with E-state index in [0.29, 0.717) is 11.3 Å². The highest BCUT2D eigenvalue weighted by Crippen LogP contribution is 2.21. The van der Waals surface area contributed by atoms with E-state index < -0.39 is 10.8 Å². The van der Waals surface area contributed by atoms with E-state index >= 15 is 0 Å². The van der Waals surface area contributed by atoms with E-state index in [2.05, 4.69) is 5.32 Å². The Bertz CT molecular complexity index is 853. The summed E-state index contributed by atoms with van der Waals surface area (Å²) in [6, 6.07) is 14.2. The monoisotopic (exact) mass is 323 g/mol. The average molecular weight is 323 g/mol.